The number of nitrogens with one attached hydrogen (secondary N) is 2. The molecule has 2 rings (SSSR count). The first-order chi connectivity index (χ1) is 12.4. The Morgan fingerprint density at radius 1 is 1.30 bits per heavy atom. The highest BCUT2D eigenvalue weighted by atomic mass is 127. The van der Waals surface area contributed by atoms with Gasteiger partial charge in [0.1, 0.15) is 12.3 Å². The van der Waals surface area contributed by atoms with Crippen molar-refractivity contribution in [3.05, 3.63) is 24.2 Å². The summed E-state index contributed by atoms with van der Waals surface area (Å²) in [6.07, 6.45) is 7.77. The maximum Gasteiger partial charge on any atom is 0.243 e. The van der Waals surface area contributed by atoms with Crippen molar-refractivity contribution in [2.24, 2.45) is 16.3 Å². The average molecular weight is 490 g/mol. The highest BCUT2D eigenvalue weighted by Gasteiger charge is 2.31. The highest BCUT2D eigenvalue weighted by Crippen LogP contribution is 2.38. The molecule has 0 radical (unpaired) electrons. The van der Waals surface area contributed by atoms with E-state index in [1.165, 1.54) is 25.7 Å². The number of likely N-dealkylation sites (N-methyl/N-ethyl adjacent to an activating group) is 1. The zero-order valence-corrected chi connectivity index (χ0v) is 19.4. The molecule has 7 heteroatoms. The summed E-state index contributed by atoms with van der Waals surface area (Å²) in [4.78, 5) is 17.9. The second-order valence-corrected chi connectivity index (χ2v) is 8.03. The summed E-state index contributed by atoms with van der Waals surface area (Å²) >= 11 is 0. The van der Waals surface area contributed by atoms with Crippen molar-refractivity contribution in [1.29, 1.82) is 0 Å². The molecule has 154 valence electrons. The molecule has 1 fully saturated rings. The largest absolute Gasteiger partial charge is 0.469 e. The fourth-order valence-corrected chi connectivity index (χ4v) is 3.38. The molecule has 1 aliphatic rings. The number of rotatable bonds is 8. The van der Waals surface area contributed by atoms with Gasteiger partial charge in [-0.3, -0.25) is 4.79 Å². The van der Waals surface area contributed by atoms with Crippen LogP contribution in [0.4, 0.5) is 0 Å². The summed E-state index contributed by atoms with van der Waals surface area (Å²) in [5.74, 6) is 2.38. The number of amides is 1. The van der Waals surface area contributed by atoms with E-state index in [-0.39, 0.29) is 41.8 Å². The summed E-state index contributed by atoms with van der Waals surface area (Å²) in [5.41, 5.74) is 0.214. The van der Waals surface area contributed by atoms with Crippen LogP contribution in [0.2, 0.25) is 0 Å². The van der Waals surface area contributed by atoms with Gasteiger partial charge in [-0.05, 0) is 36.3 Å². The van der Waals surface area contributed by atoms with Crippen LogP contribution >= 0.6 is 24.0 Å². The molecule has 1 aromatic heterocycles. The summed E-state index contributed by atoms with van der Waals surface area (Å²) in [6, 6.07) is 3.85. The van der Waals surface area contributed by atoms with Crippen molar-refractivity contribution in [2.45, 2.75) is 46.0 Å². The molecular weight excluding hydrogens is 455 g/mol. The van der Waals surface area contributed by atoms with Crippen LogP contribution in [0.5, 0.6) is 0 Å². The minimum Gasteiger partial charge on any atom is -0.469 e. The van der Waals surface area contributed by atoms with Gasteiger partial charge in [0.15, 0.2) is 5.96 Å². The number of hydrogen-bond acceptors (Lipinski definition) is 3. The lowest BCUT2D eigenvalue weighted by molar-refractivity contribution is -0.127. The molecule has 1 aromatic rings. The number of carbonyl (C=O) groups is 1. The van der Waals surface area contributed by atoms with Gasteiger partial charge in [-0.25, -0.2) is 4.99 Å². The first-order valence-corrected chi connectivity index (χ1v) is 9.63. The third kappa shape index (κ3) is 8.11. The SMILES string of the molecule is CN(C)C(=O)CN=C(NCCc1ccco1)NCC(C)(C)C1CCCC1.I. The van der Waals surface area contributed by atoms with Gasteiger partial charge in [-0.2, -0.15) is 0 Å². The lowest BCUT2D eigenvalue weighted by Crippen LogP contribution is -2.45. The van der Waals surface area contributed by atoms with Gasteiger partial charge in [-0.15, -0.1) is 24.0 Å². The number of guanidine groups is 1. The van der Waals surface area contributed by atoms with E-state index < -0.39 is 0 Å². The van der Waals surface area contributed by atoms with E-state index >= 15 is 0 Å². The average Bonchev–Trinajstić information content (AvgIpc) is 3.30. The molecule has 1 aliphatic carbocycles. The molecule has 1 saturated carbocycles. The molecule has 0 bridgehead atoms. The Labute approximate surface area is 180 Å². The Balaban J connectivity index is 0.00000364. The predicted molar refractivity (Wildman–Crippen MR) is 121 cm³/mol. The van der Waals surface area contributed by atoms with Crippen LogP contribution in [0.15, 0.2) is 27.8 Å². The van der Waals surface area contributed by atoms with Gasteiger partial charge in [0.2, 0.25) is 5.91 Å². The molecule has 2 N–H and O–H groups in total. The fourth-order valence-electron chi connectivity index (χ4n) is 3.38. The standard InChI is InChI=1S/C20H34N4O2.HI/c1-20(2,16-8-5-6-9-16)15-23-19(22-14-18(25)24(3)4)21-12-11-17-10-7-13-26-17;/h7,10,13,16H,5-6,8-9,11-12,14-15H2,1-4H3,(H2,21,22,23);1H. The Kier molecular flexibility index (Phi) is 10.2. The normalized spacial score (nSPS) is 15.3. The van der Waals surface area contributed by atoms with E-state index in [0.717, 1.165) is 24.6 Å². The van der Waals surface area contributed by atoms with Crippen LogP contribution in [-0.2, 0) is 11.2 Å². The zero-order valence-electron chi connectivity index (χ0n) is 17.1. The molecule has 0 aliphatic heterocycles. The van der Waals surface area contributed by atoms with Crippen molar-refractivity contribution in [3.8, 4) is 0 Å². The van der Waals surface area contributed by atoms with E-state index in [2.05, 4.69) is 29.5 Å². The van der Waals surface area contributed by atoms with Crippen LogP contribution in [-0.4, -0.2) is 50.5 Å². The van der Waals surface area contributed by atoms with Gasteiger partial charge < -0.3 is 20.0 Å². The zero-order chi connectivity index (χ0) is 19.0. The molecule has 6 nitrogen and oxygen atoms in total. The van der Waals surface area contributed by atoms with Gasteiger partial charge in [0.05, 0.1) is 6.26 Å². The second kappa shape index (κ2) is 11.6. The van der Waals surface area contributed by atoms with Gasteiger partial charge in [-0.1, -0.05) is 26.7 Å². The van der Waals surface area contributed by atoms with Crippen molar-refractivity contribution in [2.75, 3.05) is 33.7 Å². The Morgan fingerprint density at radius 3 is 2.59 bits per heavy atom. The van der Waals surface area contributed by atoms with Crippen molar-refractivity contribution >= 4 is 35.8 Å². The number of hydrogen-bond donors (Lipinski definition) is 2. The quantitative estimate of drug-likeness (QED) is 0.334. The van der Waals surface area contributed by atoms with E-state index in [9.17, 15) is 4.79 Å². The Hall–Kier alpha value is -1.25. The van der Waals surface area contributed by atoms with Crippen LogP contribution in [0.1, 0.15) is 45.3 Å². The molecule has 0 unspecified atom stereocenters. The van der Waals surface area contributed by atoms with Crippen molar-refractivity contribution in [3.63, 3.8) is 0 Å². The first-order valence-electron chi connectivity index (χ1n) is 9.63. The highest BCUT2D eigenvalue weighted by molar-refractivity contribution is 14.0. The smallest absolute Gasteiger partial charge is 0.243 e. The van der Waals surface area contributed by atoms with Crippen LogP contribution in [0, 0.1) is 11.3 Å². The fraction of sp³-hybridized carbons (Fsp3) is 0.700. The monoisotopic (exact) mass is 490 g/mol. The molecule has 0 atom stereocenters. The third-order valence-electron chi connectivity index (χ3n) is 5.29. The maximum atomic E-state index is 11.9. The minimum atomic E-state index is -0.00723. The number of aliphatic imine (C=N–C) groups is 1. The van der Waals surface area contributed by atoms with Crippen LogP contribution in [0.3, 0.4) is 0 Å². The van der Waals surface area contributed by atoms with E-state index in [4.69, 9.17) is 4.42 Å². The van der Waals surface area contributed by atoms with Crippen molar-refractivity contribution in [1.82, 2.24) is 15.5 Å². The van der Waals surface area contributed by atoms with Gasteiger partial charge >= 0.3 is 0 Å². The van der Waals surface area contributed by atoms with E-state index in [1.54, 1.807) is 25.3 Å². The number of furan rings is 1. The molecule has 1 amide bonds. The first kappa shape index (κ1) is 23.8. The molecule has 0 aromatic carbocycles. The van der Waals surface area contributed by atoms with Crippen LogP contribution < -0.4 is 10.6 Å². The van der Waals surface area contributed by atoms with Gasteiger partial charge in [0.25, 0.3) is 0 Å². The second-order valence-electron chi connectivity index (χ2n) is 8.03. The lowest BCUT2D eigenvalue weighted by Gasteiger charge is -2.32. The maximum absolute atomic E-state index is 11.9. The number of nitrogens with zero attached hydrogens (tertiary/aromatic N) is 2. The minimum absolute atomic E-state index is 0. The lowest BCUT2D eigenvalue weighted by atomic mass is 9.78. The van der Waals surface area contributed by atoms with E-state index in [0.29, 0.717) is 12.5 Å². The van der Waals surface area contributed by atoms with E-state index in [1.807, 2.05) is 12.1 Å². The summed E-state index contributed by atoms with van der Waals surface area (Å²) in [6.45, 7) is 6.34. The summed E-state index contributed by atoms with van der Waals surface area (Å²) in [5, 5.41) is 6.77. The van der Waals surface area contributed by atoms with Crippen LogP contribution in [0.25, 0.3) is 0 Å². The number of carbonyl (C=O) groups excluding carboxylic acids is 1. The third-order valence-corrected chi connectivity index (χ3v) is 5.29. The summed E-state index contributed by atoms with van der Waals surface area (Å²) in [7, 11) is 3.50. The Morgan fingerprint density at radius 2 is 2.00 bits per heavy atom. The Bertz CT molecular complexity index is 579. The molecule has 0 saturated heterocycles. The molecule has 0 spiro atoms. The topological polar surface area (TPSA) is 69.9 Å². The summed E-state index contributed by atoms with van der Waals surface area (Å²) < 4.78 is 5.37. The predicted octanol–water partition coefficient (Wildman–Crippen LogP) is 3.28. The molecular formula is C20H35IN4O2. The van der Waals surface area contributed by atoms with Crippen molar-refractivity contribution < 1.29 is 9.21 Å². The molecule has 27 heavy (non-hydrogen) atoms. The van der Waals surface area contributed by atoms with Gasteiger partial charge in [0, 0.05) is 33.6 Å². The molecule has 1 heterocycles. The number of halogens is 1.